The quantitative estimate of drug-likeness (QED) is 0.453. The van der Waals surface area contributed by atoms with Crippen LogP contribution in [0.4, 0.5) is 0 Å². The van der Waals surface area contributed by atoms with Crippen LogP contribution < -0.4 is 14.8 Å². The molecule has 0 bridgehead atoms. The Morgan fingerprint density at radius 1 is 0.933 bits per heavy atom. The molecule has 2 aromatic rings. The maximum atomic E-state index is 12.5. The smallest absolute Gasteiger partial charge is 0.307 e. The number of amides is 1. The van der Waals surface area contributed by atoms with Crippen LogP contribution in [0.1, 0.15) is 41.2 Å². The van der Waals surface area contributed by atoms with Gasteiger partial charge in [-0.1, -0.05) is 17.7 Å². The number of carbonyl (C=O) groups excluding carboxylic acids is 3. The number of benzene rings is 2. The Morgan fingerprint density at radius 3 is 2.20 bits per heavy atom. The van der Waals surface area contributed by atoms with E-state index < -0.39 is 12.0 Å². The first kappa shape index (κ1) is 23.2. The fourth-order valence-electron chi connectivity index (χ4n) is 2.85. The molecule has 160 valence electrons. The molecule has 0 aliphatic heterocycles. The minimum Gasteiger partial charge on any atom is -0.493 e. The first-order valence-corrected chi connectivity index (χ1v) is 9.62. The van der Waals surface area contributed by atoms with Crippen molar-refractivity contribution in [1.82, 2.24) is 5.32 Å². The molecule has 1 N–H and O–H groups in total. The third-order valence-electron chi connectivity index (χ3n) is 4.49. The summed E-state index contributed by atoms with van der Waals surface area (Å²) in [4.78, 5) is 36.6. The molecule has 2 rings (SSSR count). The molecule has 1 unspecified atom stereocenters. The molecule has 0 aromatic heterocycles. The Morgan fingerprint density at radius 2 is 1.60 bits per heavy atom. The van der Waals surface area contributed by atoms with Crippen LogP contribution in [0.25, 0.3) is 0 Å². The second-order valence-electron chi connectivity index (χ2n) is 6.44. The number of ketones is 1. The summed E-state index contributed by atoms with van der Waals surface area (Å²) in [6, 6.07) is 10.9. The van der Waals surface area contributed by atoms with Crippen molar-refractivity contribution in [3.63, 3.8) is 0 Å². The maximum Gasteiger partial charge on any atom is 0.307 e. The van der Waals surface area contributed by atoms with Gasteiger partial charge in [0, 0.05) is 23.4 Å². The molecule has 2 aromatic carbocycles. The Bertz CT molecular complexity index is 897. The zero-order chi connectivity index (χ0) is 22.1. The molecule has 0 saturated heterocycles. The SMILES string of the molecule is COC(=O)CC(NC(=O)CCC(=O)c1ccc(Cl)cc1)c1ccc(OC)c(OC)c1. The van der Waals surface area contributed by atoms with E-state index in [4.69, 9.17) is 25.8 Å². The lowest BCUT2D eigenvalue weighted by molar-refractivity contribution is -0.141. The van der Waals surface area contributed by atoms with Crippen molar-refractivity contribution in [2.24, 2.45) is 0 Å². The minimum atomic E-state index is -0.643. The number of Topliss-reactive ketones (excluding diaryl/α,β-unsaturated/α-hetero) is 1. The molecule has 8 heteroatoms. The second kappa shape index (κ2) is 11.2. The van der Waals surface area contributed by atoms with E-state index in [2.05, 4.69) is 5.32 Å². The molecule has 0 spiro atoms. The van der Waals surface area contributed by atoms with Crippen molar-refractivity contribution in [2.75, 3.05) is 21.3 Å². The average molecular weight is 434 g/mol. The van der Waals surface area contributed by atoms with Gasteiger partial charge in [0.05, 0.1) is 33.8 Å². The minimum absolute atomic E-state index is 0.0214. The lowest BCUT2D eigenvalue weighted by Crippen LogP contribution is -2.30. The van der Waals surface area contributed by atoms with E-state index in [1.165, 1.54) is 21.3 Å². The molecular weight excluding hydrogens is 410 g/mol. The highest BCUT2D eigenvalue weighted by Crippen LogP contribution is 2.31. The summed E-state index contributed by atoms with van der Waals surface area (Å²) >= 11 is 5.82. The summed E-state index contributed by atoms with van der Waals surface area (Å²) in [6.45, 7) is 0. The van der Waals surface area contributed by atoms with Gasteiger partial charge in [-0.25, -0.2) is 0 Å². The lowest BCUT2D eigenvalue weighted by atomic mass is 10.0. The molecule has 1 atom stereocenters. The summed E-state index contributed by atoms with van der Waals surface area (Å²) in [5.74, 6) is -0.0132. The monoisotopic (exact) mass is 433 g/mol. The molecule has 0 fully saturated rings. The summed E-state index contributed by atoms with van der Waals surface area (Å²) in [7, 11) is 4.29. The number of carbonyl (C=O) groups is 3. The summed E-state index contributed by atoms with van der Waals surface area (Å²) < 4.78 is 15.3. The van der Waals surface area contributed by atoms with E-state index in [-0.39, 0.29) is 31.0 Å². The van der Waals surface area contributed by atoms with E-state index in [1.807, 2.05) is 0 Å². The van der Waals surface area contributed by atoms with E-state index in [1.54, 1.807) is 42.5 Å². The third-order valence-corrected chi connectivity index (χ3v) is 4.74. The summed E-state index contributed by atoms with van der Waals surface area (Å²) in [6.07, 6.45) is -0.0559. The van der Waals surface area contributed by atoms with E-state index in [9.17, 15) is 14.4 Å². The Hall–Kier alpha value is -3.06. The van der Waals surface area contributed by atoms with Crippen LogP contribution in [0.3, 0.4) is 0 Å². The van der Waals surface area contributed by atoms with Crippen LogP contribution in [0.2, 0.25) is 5.02 Å². The summed E-state index contributed by atoms with van der Waals surface area (Å²) in [5, 5.41) is 3.33. The zero-order valence-corrected chi connectivity index (χ0v) is 17.8. The van der Waals surface area contributed by atoms with Gasteiger partial charge < -0.3 is 19.5 Å². The largest absolute Gasteiger partial charge is 0.493 e. The van der Waals surface area contributed by atoms with Crippen molar-refractivity contribution < 1.29 is 28.6 Å². The molecule has 1 amide bonds. The van der Waals surface area contributed by atoms with Crippen molar-refractivity contribution in [2.45, 2.75) is 25.3 Å². The topological polar surface area (TPSA) is 90.9 Å². The van der Waals surface area contributed by atoms with Crippen LogP contribution in [-0.4, -0.2) is 39.0 Å². The molecule has 0 saturated carbocycles. The van der Waals surface area contributed by atoms with Gasteiger partial charge in [0.15, 0.2) is 17.3 Å². The highest BCUT2D eigenvalue weighted by Gasteiger charge is 2.21. The highest BCUT2D eigenvalue weighted by atomic mass is 35.5. The van der Waals surface area contributed by atoms with Gasteiger partial charge in [0.1, 0.15) is 0 Å². The molecular formula is C22H24ClNO6. The van der Waals surface area contributed by atoms with Crippen molar-refractivity contribution >= 4 is 29.3 Å². The van der Waals surface area contributed by atoms with Gasteiger partial charge in [-0.15, -0.1) is 0 Å². The average Bonchev–Trinajstić information content (AvgIpc) is 2.76. The maximum absolute atomic E-state index is 12.5. The van der Waals surface area contributed by atoms with Gasteiger partial charge >= 0.3 is 5.97 Å². The Labute approximate surface area is 180 Å². The van der Waals surface area contributed by atoms with Gasteiger partial charge in [-0.05, 0) is 42.0 Å². The van der Waals surface area contributed by atoms with Gasteiger partial charge in [0.2, 0.25) is 5.91 Å². The molecule has 0 heterocycles. The normalized spacial score (nSPS) is 11.3. The van der Waals surface area contributed by atoms with E-state index in [0.29, 0.717) is 27.6 Å². The van der Waals surface area contributed by atoms with Crippen LogP contribution in [0.15, 0.2) is 42.5 Å². The fourth-order valence-corrected chi connectivity index (χ4v) is 2.97. The highest BCUT2D eigenvalue weighted by molar-refractivity contribution is 6.30. The van der Waals surface area contributed by atoms with Crippen molar-refractivity contribution in [3.8, 4) is 11.5 Å². The van der Waals surface area contributed by atoms with Crippen LogP contribution >= 0.6 is 11.6 Å². The predicted molar refractivity (Wildman–Crippen MR) is 112 cm³/mol. The van der Waals surface area contributed by atoms with E-state index >= 15 is 0 Å². The standard InChI is InChI=1S/C22H24ClNO6/c1-28-19-10-6-15(12-20(19)29-2)17(13-22(27)30-3)24-21(26)11-9-18(25)14-4-7-16(23)8-5-14/h4-8,10,12,17H,9,11,13H2,1-3H3,(H,24,26). The number of hydrogen-bond acceptors (Lipinski definition) is 6. The van der Waals surface area contributed by atoms with Gasteiger partial charge in [0.25, 0.3) is 0 Å². The molecule has 7 nitrogen and oxygen atoms in total. The van der Waals surface area contributed by atoms with Gasteiger partial charge in [-0.2, -0.15) is 0 Å². The van der Waals surface area contributed by atoms with E-state index in [0.717, 1.165) is 0 Å². The predicted octanol–water partition coefficient (Wildman–Crippen LogP) is 3.74. The molecule has 30 heavy (non-hydrogen) atoms. The van der Waals surface area contributed by atoms with Crippen LogP contribution in [-0.2, 0) is 14.3 Å². The Kier molecular flexibility index (Phi) is 8.68. The second-order valence-corrected chi connectivity index (χ2v) is 6.88. The van der Waals surface area contributed by atoms with Crippen molar-refractivity contribution in [1.29, 1.82) is 0 Å². The van der Waals surface area contributed by atoms with Crippen molar-refractivity contribution in [3.05, 3.63) is 58.6 Å². The number of halogens is 1. The number of esters is 1. The van der Waals surface area contributed by atoms with Crippen LogP contribution in [0.5, 0.6) is 11.5 Å². The number of hydrogen-bond donors (Lipinski definition) is 1. The molecule has 0 aliphatic carbocycles. The molecule has 0 radical (unpaired) electrons. The number of rotatable bonds is 10. The zero-order valence-electron chi connectivity index (χ0n) is 17.1. The Balaban J connectivity index is 2.08. The fraction of sp³-hybridized carbons (Fsp3) is 0.318. The first-order valence-electron chi connectivity index (χ1n) is 9.24. The third kappa shape index (κ3) is 6.49. The number of ether oxygens (including phenoxy) is 3. The summed E-state index contributed by atoms with van der Waals surface area (Å²) in [5.41, 5.74) is 1.13. The molecule has 0 aliphatic rings. The number of nitrogens with one attached hydrogen (secondary N) is 1. The van der Waals surface area contributed by atoms with Crippen LogP contribution in [0, 0.1) is 0 Å². The lowest BCUT2D eigenvalue weighted by Gasteiger charge is -2.19. The first-order chi connectivity index (χ1) is 14.4. The van der Waals surface area contributed by atoms with Gasteiger partial charge in [-0.3, -0.25) is 14.4 Å². The number of methoxy groups -OCH3 is 3.